The number of pyridine rings is 1. The molecule has 4 nitrogen and oxygen atoms in total. The summed E-state index contributed by atoms with van der Waals surface area (Å²) in [5, 5.41) is 10.8. The molecule has 0 amide bonds. The monoisotopic (exact) mass is 349 g/mol. The van der Waals surface area contributed by atoms with E-state index < -0.39 is 5.97 Å². The normalized spacial score (nSPS) is 10.8. The lowest BCUT2D eigenvalue weighted by molar-refractivity contribution is 0.0695. The molecule has 0 fully saturated rings. The van der Waals surface area contributed by atoms with Crippen LogP contribution in [-0.2, 0) is 0 Å². The molecule has 100 valence electrons. The third kappa shape index (κ3) is 2.44. The lowest BCUT2D eigenvalue weighted by Gasteiger charge is -2.04. The summed E-state index contributed by atoms with van der Waals surface area (Å²) >= 11 is 4.64. The minimum absolute atomic E-state index is 0.231. The Hall–Kier alpha value is -1.79. The number of hydrogen-bond donors (Lipinski definition) is 1. The standard InChI is InChI=1S/C14H8BrNO3S/c15-11-2-1-8(7-10(11)14(17)18)20-13-9-4-6-19-12(9)3-5-16-13/h1-7H,(H,17,18). The van der Waals surface area contributed by atoms with Gasteiger partial charge in [-0.3, -0.25) is 0 Å². The molecule has 2 heterocycles. The number of nitrogens with zero attached hydrogens (tertiary/aromatic N) is 1. The van der Waals surface area contributed by atoms with Crippen molar-refractivity contribution in [1.82, 2.24) is 4.98 Å². The third-order valence-electron chi connectivity index (χ3n) is 2.73. The van der Waals surface area contributed by atoms with Crippen LogP contribution in [0.4, 0.5) is 0 Å². The van der Waals surface area contributed by atoms with Crippen LogP contribution in [0.5, 0.6) is 0 Å². The van der Waals surface area contributed by atoms with Gasteiger partial charge in [-0.2, -0.15) is 0 Å². The molecule has 0 aliphatic heterocycles. The van der Waals surface area contributed by atoms with Gasteiger partial charge in [0.2, 0.25) is 0 Å². The van der Waals surface area contributed by atoms with Crippen LogP contribution >= 0.6 is 27.7 Å². The second kappa shape index (κ2) is 5.30. The number of carboxylic acid groups (broad SMARTS) is 1. The molecule has 0 bridgehead atoms. The average molecular weight is 350 g/mol. The van der Waals surface area contributed by atoms with Crippen molar-refractivity contribution in [3.8, 4) is 0 Å². The first kappa shape index (κ1) is 13.2. The van der Waals surface area contributed by atoms with Gasteiger partial charge in [-0.05, 0) is 46.3 Å². The van der Waals surface area contributed by atoms with E-state index in [1.807, 2.05) is 12.1 Å². The van der Waals surface area contributed by atoms with E-state index in [1.54, 1.807) is 30.7 Å². The fraction of sp³-hybridized carbons (Fsp3) is 0. The maximum Gasteiger partial charge on any atom is 0.336 e. The van der Waals surface area contributed by atoms with Gasteiger partial charge in [-0.15, -0.1) is 0 Å². The zero-order valence-corrected chi connectivity index (χ0v) is 12.4. The lowest BCUT2D eigenvalue weighted by atomic mass is 10.2. The smallest absolute Gasteiger partial charge is 0.336 e. The van der Waals surface area contributed by atoms with E-state index in [0.717, 1.165) is 20.9 Å². The summed E-state index contributed by atoms with van der Waals surface area (Å²) in [5.41, 5.74) is 0.993. The Morgan fingerprint density at radius 2 is 2.15 bits per heavy atom. The Morgan fingerprint density at radius 1 is 1.30 bits per heavy atom. The molecule has 3 rings (SSSR count). The summed E-state index contributed by atoms with van der Waals surface area (Å²) in [6, 6.07) is 8.84. The van der Waals surface area contributed by atoms with Crippen molar-refractivity contribution in [2.24, 2.45) is 0 Å². The summed E-state index contributed by atoms with van der Waals surface area (Å²) in [5.74, 6) is -0.964. The first-order valence-electron chi connectivity index (χ1n) is 5.68. The van der Waals surface area contributed by atoms with Gasteiger partial charge >= 0.3 is 5.97 Å². The van der Waals surface area contributed by atoms with Gasteiger partial charge in [0.1, 0.15) is 10.6 Å². The topological polar surface area (TPSA) is 63.3 Å². The quantitative estimate of drug-likeness (QED) is 0.757. The Morgan fingerprint density at radius 3 is 2.95 bits per heavy atom. The van der Waals surface area contributed by atoms with Gasteiger partial charge in [0.15, 0.2) is 0 Å². The molecule has 0 unspecified atom stereocenters. The molecular formula is C14H8BrNO3S. The summed E-state index contributed by atoms with van der Waals surface area (Å²) in [6.45, 7) is 0. The molecule has 20 heavy (non-hydrogen) atoms. The minimum atomic E-state index is -0.964. The molecule has 1 aromatic carbocycles. The zero-order chi connectivity index (χ0) is 14.1. The van der Waals surface area contributed by atoms with E-state index in [0.29, 0.717) is 4.47 Å². The Labute approximate surface area is 126 Å². The van der Waals surface area contributed by atoms with E-state index in [2.05, 4.69) is 20.9 Å². The van der Waals surface area contributed by atoms with E-state index in [-0.39, 0.29) is 5.56 Å². The fourth-order valence-corrected chi connectivity index (χ4v) is 3.14. The third-order valence-corrected chi connectivity index (χ3v) is 4.43. The van der Waals surface area contributed by atoms with Gasteiger partial charge < -0.3 is 9.52 Å². The SMILES string of the molecule is O=C(O)c1cc(Sc2nccc3occc23)ccc1Br. The maximum atomic E-state index is 11.1. The lowest BCUT2D eigenvalue weighted by Crippen LogP contribution is -1.97. The van der Waals surface area contributed by atoms with Crippen LogP contribution in [0, 0.1) is 0 Å². The molecule has 2 aromatic heterocycles. The number of halogens is 1. The second-order valence-electron chi connectivity index (χ2n) is 4.00. The number of aromatic nitrogens is 1. The number of carbonyl (C=O) groups is 1. The van der Waals surface area contributed by atoms with Gasteiger partial charge in [0.25, 0.3) is 0 Å². The Balaban J connectivity index is 2.01. The number of benzene rings is 1. The maximum absolute atomic E-state index is 11.1. The van der Waals surface area contributed by atoms with Crippen molar-refractivity contribution in [3.63, 3.8) is 0 Å². The molecule has 0 spiro atoms. The summed E-state index contributed by atoms with van der Waals surface area (Å²) in [7, 11) is 0. The van der Waals surface area contributed by atoms with Crippen molar-refractivity contribution < 1.29 is 14.3 Å². The van der Waals surface area contributed by atoms with E-state index in [1.165, 1.54) is 11.8 Å². The van der Waals surface area contributed by atoms with E-state index >= 15 is 0 Å². The number of rotatable bonds is 3. The molecule has 0 saturated heterocycles. The van der Waals surface area contributed by atoms with Gasteiger partial charge in [0, 0.05) is 15.6 Å². The predicted octanol–water partition coefficient (Wildman–Crippen LogP) is 4.44. The van der Waals surface area contributed by atoms with Crippen molar-refractivity contribution in [1.29, 1.82) is 0 Å². The van der Waals surface area contributed by atoms with Crippen LogP contribution in [0.25, 0.3) is 11.0 Å². The van der Waals surface area contributed by atoms with Crippen molar-refractivity contribution in [2.75, 3.05) is 0 Å². The molecule has 3 aromatic rings. The highest BCUT2D eigenvalue weighted by atomic mass is 79.9. The van der Waals surface area contributed by atoms with Crippen LogP contribution in [0.1, 0.15) is 10.4 Å². The molecule has 0 atom stereocenters. The molecule has 0 aliphatic rings. The summed E-state index contributed by atoms with van der Waals surface area (Å²) in [6.07, 6.45) is 3.28. The number of hydrogen-bond acceptors (Lipinski definition) is 4. The van der Waals surface area contributed by atoms with Crippen molar-refractivity contribution >= 4 is 44.6 Å². The fourth-order valence-electron chi connectivity index (χ4n) is 1.79. The van der Waals surface area contributed by atoms with Gasteiger partial charge in [-0.1, -0.05) is 11.8 Å². The van der Waals surface area contributed by atoms with E-state index in [4.69, 9.17) is 9.52 Å². The Kier molecular flexibility index (Phi) is 3.50. The Bertz CT molecular complexity index is 800. The van der Waals surface area contributed by atoms with Gasteiger partial charge in [-0.25, -0.2) is 9.78 Å². The van der Waals surface area contributed by atoms with Gasteiger partial charge in [0.05, 0.1) is 17.2 Å². The number of aromatic carboxylic acids is 1. The summed E-state index contributed by atoms with van der Waals surface area (Å²) < 4.78 is 5.88. The first-order chi connectivity index (χ1) is 9.65. The highest BCUT2D eigenvalue weighted by molar-refractivity contribution is 9.10. The molecule has 0 saturated carbocycles. The second-order valence-corrected chi connectivity index (χ2v) is 5.91. The highest BCUT2D eigenvalue weighted by Crippen LogP contribution is 2.33. The molecule has 0 radical (unpaired) electrons. The average Bonchev–Trinajstić information content (AvgIpc) is 2.90. The minimum Gasteiger partial charge on any atom is -0.478 e. The predicted molar refractivity (Wildman–Crippen MR) is 79.2 cm³/mol. The largest absolute Gasteiger partial charge is 0.478 e. The van der Waals surface area contributed by atoms with Crippen LogP contribution in [0.15, 0.2) is 61.6 Å². The first-order valence-corrected chi connectivity index (χ1v) is 7.29. The molecule has 0 aliphatic carbocycles. The van der Waals surface area contributed by atoms with Crippen LogP contribution in [-0.4, -0.2) is 16.1 Å². The zero-order valence-electron chi connectivity index (χ0n) is 10.0. The number of fused-ring (bicyclic) bond motifs is 1. The van der Waals surface area contributed by atoms with E-state index in [9.17, 15) is 4.79 Å². The number of carboxylic acids is 1. The van der Waals surface area contributed by atoms with Crippen molar-refractivity contribution in [3.05, 3.63) is 52.8 Å². The van der Waals surface area contributed by atoms with Crippen LogP contribution < -0.4 is 0 Å². The molecular weight excluding hydrogens is 342 g/mol. The summed E-state index contributed by atoms with van der Waals surface area (Å²) in [4.78, 5) is 16.3. The highest BCUT2D eigenvalue weighted by Gasteiger charge is 2.11. The molecule has 1 N–H and O–H groups in total. The number of furan rings is 1. The molecule has 6 heteroatoms. The van der Waals surface area contributed by atoms with Crippen LogP contribution in [0.2, 0.25) is 0 Å². The van der Waals surface area contributed by atoms with Crippen LogP contribution in [0.3, 0.4) is 0 Å². The van der Waals surface area contributed by atoms with Crippen molar-refractivity contribution in [2.45, 2.75) is 9.92 Å².